The number of hydrogen-bond acceptors (Lipinski definition) is 2. The number of amides is 1. The molecular formula is C18H28N2O. The number of nitrogens with zero attached hydrogens (tertiary/aromatic N) is 1. The molecule has 0 bridgehead atoms. The maximum atomic E-state index is 12.6. The summed E-state index contributed by atoms with van der Waals surface area (Å²) in [5.41, 5.74) is 3.72. The van der Waals surface area contributed by atoms with E-state index in [1.807, 2.05) is 6.92 Å². The van der Waals surface area contributed by atoms with Crippen molar-refractivity contribution < 1.29 is 4.79 Å². The fourth-order valence-electron chi connectivity index (χ4n) is 3.14. The molecule has 0 aliphatic carbocycles. The van der Waals surface area contributed by atoms with Crippen LogP contribution >= 0.6 is 0 Å². The highest BCUT2D eigenvalue weighted by Crippen LogP contribution is 2.31. The number of rotatable bonds is 5. The molecule has 0 spiro atoms. The zero-order chi connectivity index (χ0) is 15.6. The van der Waals surface area contributed by atoms with Gasteiger partial charge in [0.1, 0.15) is 6.17 Å². The molecule has 21 heavy (non-hydrogen) atoms. The number of carbonyl (C=O) groups excluding carboxylic acids is 1. The number of carbonyl (C=O) groups is 1. The molecule has 1 fully saturated rings. The molecule has 3 atom stereocenters. The third kappa shape index (κ3) is 3.29. The molecule has 1 aliphatic rings. The first-order valence-corrected chi connectivity index (χ1v) is 8.11. The number of nitrogens with one attached hydrogen (secondary N) is 1. The molecule has 3 nitrogen and oxygen atoms in total. The molecule has 0 radical (unpaired) electrons. The Kier molecular flexibility index (Phi) is 5.04. The Bertz CT molecular complexity index is 512. The van der Waals surface area contributed by atoms with Crippen molar-refractivity contribution in [1.29, 1.82) is 0 Å². The topological polar surface area (TPSA) is 32.3 Å². The van der Waals surface area contributed by atoms with E-state index in [1.54, 1.807) is 0 Å². The summed E-state index contributed by atoms with van der Waals surface area (Å²) in [6.45, 7) is 10.6. The minimum atomic E-state index is -0.0982. The van der Waals surface area contributed by atoms with E-state index in [0.717, 1.165) is 6.42 Å². The normalized spacial score (nSPS) is 23.7. The SMILES string of the molecule is CCCCC(C)N1C(=O)C(C)NC1c1cc(C)ccc1C. The van der Waals surface area contributed by atoms with Gasteiger partial charge in [-0.1, -0.05) is 43.5 Å². The van der Waals surface area contributed by atoms with E-state index >= 15 is 0 Å². The monoisotopic (exact) mass is 288 g/mol. The van der Waals surface area contributed by atoms with Crippen LogP contribution in [0.2, 0.25) is 0 Å². The lowest BCUT2D eigenvalue weighted by molar-refractivity contribution is -0.131. The number of aryl methyl sites for hydroxylation is 2. The van der Waals surface area contributed by atoms with Gasteiger partial charge >= 0.3 is 0 Å². The van der Waals surface area contributed by atoms with Gasteiger partial charge in [-0.2, -0.15) is 0 Å². The van der Waals surface area contributed by atoms with Crippen LogP contribution in [0.1, 0.15) is 62.9 Å². The van der Waals surface area contributed by atoms with Gasteiger partial charge in [0.2, 0.25) is 5.91 Å². The van der Waals surface area contributed by atoms with E-state index in [2.05, 4.69) is 56.1 Å². The fourth-order valence-corrected chi connectivity index (χ4v) is 3.14. The van der Waals surface area contributed by atoms with E-state index in [0.29, 0.717) is 0 Å². The first-order valence-electron chi connectivity index (χ1n) is 8.11. The molecule has 0 saturated carbocycles. The molecule has 2 rings (SSSR count). The van der Waals surface area contributed by atoms with Crippen molar-refractivity contribution in [2.45, 2.75) is 72.1 Å². The zero-order valence-electron chi connectivity index (χ0n) is 13.9. The first-order chi connectivity index (χ1) is 9.95. The highest BCUT2D eigenvalue weighted by atomic mass is 16.2. The van der Waals surface area contributed by atoms with E-state index in [9.17, 15) is 4.79 Å². The molecule has 116 valence electrons. The Hall–Kier alpha value is -1.35. The van der Waals surface area contributed by atoms with Crippen molar-refractivity contribution in [1.82, 2.24) is 10.2 Å². The van der Waals surface area contributed by atoms with Gasteiger partial charge in [-0.25, -0.2) is 0 Å². The summed E-state index contributed by atoms with van der Waals surface area (Å²) >= 11 is 0. The van der Waals surface area contributed by atoms with Gasteiger partial charge in [-0.3, -0.25) is 10.1 Å². The predicted octanol–water partition coefficient (Wildman–Crippen LogP) is 3.70. The quantitative estimate of drug-likeness (QED) is 0.896. The van der Waals surface area contributed by atoms with Gasteiger partial charge in [-0.15, -0.1) is 0 Å². The molecule has 0 aromatic heterocycles. The van der Waals surface area contributed by atoms with E-state index in [-0.39, 0.29) is 24.2 Å². The van der Waals surface area contributed by atoms with Crippen LogP contribution in [0.3, 0.4) is 0 Å². The summed E-state index contributed by atoms with van der Waals surface area (Å²) in [6.07, 6.45) is 3.42. The zero-order valence-corrected chi connectivity index (χ0v) is 13.9. The van der Waals surface area contributed by atoms with Gasteiger partial charge in [0.05, 0.1) is 6.04 Å². The lowest BCUT2D eigenvalue weighted by atomic mass is 10.0. The third-order valence-electron chi connectivity index (χ3n) is 4.49. The smallest absolute Gasteiger partial charge is 0.241 e. The molecular weight excluding hydrogens is 260 g/mol. The maximum Gasteiger partial charge on any atom is 0.241 e. The summed E-state index contributed by atoms with van der Waals surface area (Å²) in [4.78, 5) is 14.6. The predicted molar refractivity (Wildman–Crippen MR) is 87.1 cm³/mol. The Labute approximate surface area is 128 Å². The highest BCUT2D eigenvalue weighted by Gasteiger charge is 2.39. The van der Waals surface area contributed by atoms with Crippen LogP contribution < -0.4 is 5.32 Å². The van der Waals surface area contributed by atoms with Crippen molar-refractivity contribution in [3.8, 4) is 0 Å². The minimum Gasteiger partial charge on any atom is -0.319 e. The fraction of sp³-hybridized carbons (Fsp3) is 0.611. The Morgan fingerprint density at radius 2 is 2.05 bits per heavy atom. The van der Waals surface area contributed by atoms with Gasteiger partial charge < -0.3 is 4.90 Å². The number of benzene rings is 1. The van der Waals surface area contributed by atoms with Crippen LogP contribution in [0.4, 0.5) is 0 Å². The molecule has 1 heterocycles. The standard InChI is InChI=1S/C18H28N2O/c1-6-7-8-14(4)20-17(19-15(5)18(20)21)16-11-12(2)9-10-13(16)3/h9-11,14-15,17,19H,6-8H2,1-5H3. The van der Waals surface area contributed by atoms with Crippen LogP contribution in [-0.2, 0) is 4.79 Å². The van der Waals surface area contributed by atoms with Crippen molar-refractivity contribution in [3.63, 3.8) is 0 Å². The second-order valence-corrected chi connectivity index (χ2v) is 6.39. The van der Waals surface area contributed by atoms with Crippen LogP contribution in [0, 0.1) is 13.8 Å². The molecule has 1 N–H and O–H groups in total. The second-order valence-electron chi connectivity index (χ2n) is 6.39. The largest absolute Gasteiger partial charge is 0.319 e. The third-order valence-corrected chi connectivity index (χ3v) is 4.49. The summed E-state index contributed by atoms with van der Waals surface area (Å²) in [7, 11) is 0. The maximum absolute atomic E-state index is 12.6. The van der Waals surface area contributed by atoms with Crippen LogP contribution in [0.5, 0.6) is 0 Å². The molecule has 1 aliphatic heterocycles. The van der Waals surface area contributed by atoms with Crippen molar-refractivity contribution >= 4 is 5.91 Å². The summed E-state index contributed by atoms with van der Waals surface area (Å²) in [5, 5.41) is 3.47. The molecule has 1 aromatic carbocycles. The lowest BCUT2D eigenvalue weighted by Crippen LogP contribution is -2.38. The first kappa shape index (κ1) is 16.0. The average Bonchev–Trinajstić information content (AvgIpc) is 2.75. The highest BCUT2D eigenvalue weighted by molar-refractivity contribution is 5.84. The molecule has 3 unspecified atom stereocenters. The van der Waals surface area contributed by atoms with Crippen LogP contribution in [0.25, 0.3) is 0 Å². The summed E-state index contributed by atoms with van der Waals surface area (Å²) < 4.78 is 0. The molecule has 1 aromatic rings. The van der Waals surface area contributed by atoms with E-state index < -0.39 is 0 Å². The van der Waals surface area contributed by atoms with Gasteiger partial charge in [0.25, 0.3) is 0 Å². The molecule has 3 heteroatoms. The number of unbranched alkanes of at least 4 members (excludes halogenated alkanes) is 1. The molecule has 1 saturated heterocycles. The van der Waals surface area contributed by atoms with Gasteiger partial charge in [0.15, 0.2) is 0 Å². The van der Waals surface area contributed by atoms with E-state index in [1.165, 1.54) is 29.5 Å². The number of hydrogen-bond donors (Lipinski definition) is 1. The van der Waals surface area contributed by atoms with Crippen molar-refractivity contribution in [2.75, 3.05) is 0 Å². The van der Waals surface area contributed by atoms with E-state index in [4.69, 9.17) is 0 Å². The Balaban J connectivity index is 2.31. The Morgan fingerprint density at radius 3 is 2.71 bits per heavy atom. The second kappa shape index (κ2) is 6.61. The molecule has 1 amide bonds. The van der Waals surface area contributed by atoms with Crippen molar-refractivity contribution in [2.24, 2.45) is 0 Å². The van der Waals surface area contributed by atoms with Crippen molar-refractivity contribution in [3.05, 3.63) is 34.9 Å². The van der Waals surface area contributed by atoms with Gasteiger partial charge in [-0.05, 0) is 45.2 Å². The van der Waals surface area contributed by atoms with Crippen LogP contribution in [-0.4, -0.2) is 22.9 Å². The Morgan fingerprint density at radius 1 is 1.33 bits per heavy atom. The average molecular weight is 288 g/mol. The van der Waals surface area contributed by atoms with Crippen LogP contribution in [0.15, 0.2) is 18.2 Å². The lowest BCUT2D eigenvalue weighted by Gasteiger charge is -2.31. The minimum absolute atomic E-state index is 0.0132. The summed E-state index contributed by atoms with van der Waals surface area (Å²) in [5.74, 6) is 0.226. The van der Waals surface area contributed by atoms with Gasteiger partial charge in [0, 0.05) is 6.04 Å². The summed E-state index contributed by atoms with van der Waals surface area (Å²) in [6, 6.07) is 6.66.